The van der Waals surface area contributed by atoms with Gasteiger partial charge >= 0.3 is 6.18 Å². The van der Waals surface area contributed by atoms with E-state index in [1.54, 1.807) is 0 Å². The van der Waals surface area contributed by atoms with Crippen LogP contribution < -0.4 is 21.1 Å². The van der Waals surface area contributed by atoms with Gasteiger partial charge < -0.3 is 25.4 Å². The van der Waals surface area contributed by atoms with E-state index in [2.05, 4.69) is 42.5 Å². The third-order valence-electron chi connectivity index (χ3n) is 7.44. The summed E-state index contributed by atoms with van der Waals surface area (Å²) >= 11 is 0. The molecule has 0 bridgehead atoms. The first-order valence-corrected chi connectivity index (χ1v) is 13.4. The van der Waals surface area contributed by atoms with Gasteiger partial charge in [0.05, 0.1) is 22.5 Å². The fraction of sp³-hybridized carbons (Fsp3) is 0.379. The molecule has 3 heterocycles. The Morgan fingerprint density at radius 2 is 1.68 bits per heavy atom. The van der Waals surface area contributed by atoms with Gasteiger partial charge in [-0.15, -0.1) is 0 Å². The molecule has 1 amide bonds. The number of aromatic amines is 1. The largest absolute Gasteiger partial charge is 0.417 e. The van der Waals surface area contributed by atoms with Crippen molar-refractivity contribution in [1.29, 1.82) is 0 Å². The molecule has 2 aliphatic heterocycles. The smallest absolute Gasteiger partial charge is 0.367 e. The van der Waals surface area contributed by atoms with Crippen molar-refractivity contribution in [2.45, 2.75) is 12.7 Å². The zero-order valence-corrected chi connectivity index (χ0v) is 22.4. The number of likely N-dealkylation sites (N-methyl/N-ethyl adjacent to an activating group) is 1. The van der Waals surface area contributed by atoms with Crippen molar-refractivity contribution in [3.63, 3.8) is 0 Å². The van der Waals surface area contributed by atoms with E-state index in [0.717, 1.165) is 74.4 Å². The van der Waals surface area contributed by atoms with Gasteiger partial charge in [0.1, 0.15) is 0 Å². The van der Waals surface area contributed by atoms with E-state index >= 15 is 0 Å². The molecule has 0 spiro atoms. The average Bonchev–Trinajstić information content (AvgIpc) is 2.94. The van der Waals surface area contributed by atoms with E-state index in [1.807, 2.05) is 37.4 Å². The van der Waals surface area contributed by atoms with Crippen LogP contribution in [-0.4, -0.2) is 80.1 Å². The molecule has 8 nitrogen and oxygen atoms in total. The SMILES string of the molecule is CN1CCN(c2ccc(-c3cccc(CN4CCNCC4)c3)cc2NC(=O)c2c[nH]c(=O)cc2C(F)(F)F)CC1. The fourth-order valence-electron chi connectivity index (χ4n) is 5.20. The molecule has 1 aromatic heterocycles. The number of aromatic nitrogens is 1. The van der Waals surface area contributed by atoms with E-state index in [9.17, 15) is 22.8 Å². The summed E-state index contributed by atoms with van der Waals surface area (Å²) in [5.41, 5.74) is 1.27. The normalized spacial score (nSPS) is 17.1. The van der Waals surface area contributed by atoms with Crippen LogP contribution in [0.25, 0.3) is 11.1 Å². The summed E-state index contributed by atoms with van der Waals surface area (Å²) in [6.45, 7) is 7.77. The van der Waals surface area contributed by atoms with E-state index in [-0.39, 0.29) is 0 Å². The number of nitrogens with one attached hydrogen (secondary N) is 3. The molecule has 3 aromatic rings. The van der Waals surface area contributed by atoms with Gasteiger partial charge in [0.25, 0.3) is 5.91 Å². The van der Waals surface area contributed by atoms with Crippen LogP contribution in [0.15, 0.2) is 59.5 Å². The summed E-state index contributed by atoms with van der Waals surface area (Å²) in [5.74, 6) is -0.941. The van der Waals surface area contributed by atoms with E-state index < -0.39 is 28.8 Å². The molecule has 0 radical (unpaired) electrons. The molecule has 2 fully saturated rings. The number of hydrogen-bond donors (Lipinski definition) is 3. The highest BCUT2D eigenvalue weighted by atomic mass is 19.4. The summed E-state index contributed by atoms with van der Waals surface area (Å²) < 4.78 is 41.0. The standard InChI is InChI=1S/C29H33F3N6O2/c1-36-11-13-38(14-12-36)26-6-5-22(21-4-2-3-20(15-21)19-37-9-7-33-8-10-37)16-25(26)35-28(40)23-18-34-27(39)17-24(23)29(30,31)32/h2-6,15-18,33H,7-14,19H2,1H3,(H,34,39)(H,35,40). The van der Waals surface area contributed by atoms with Gasteiger partial charge in [0, 0.05) is 71.2 Å². The van der Waals surface area contributed by atoms with Gasteiger partial charge in [0.15, 0.2) is 0 Å². The summed E-state index contributed by atoms with van der Waals surface area (Å²) in [5, 5.41) is 6.08. The number of amides is 1. The number of carbonyl (C=O) groups is 1. The second kappa shape index (κ2) is 11.8. The minimum atomic E-state index is -4.85. The maximum atomic E-state index is 13.7. The first-order chi connectivity index (χ1) is 19.2. The number of piperazine rings is 2. The first kappa shape index (κ1) is 27.9. The molecule has 0 aliphatic carbocycles. The molecule has 0 unspecified atom stereocenters. The van der Waals surface area contributed by atoms with Gasteiger partial charge in [-0.3, -0.25) is 14.5 Å². The highest BCUT2D eigenvalue weighted by molar-refractivity contribution is 6.07. The van der Waals surface area contributed by atoms with Crippen molar-refractivity contribution in [1.82, 2.24) is 20.1 Å². The Labute approximate surface area is 230 Å². The second-order valence-corrected chi connectivity index (χ2v) is 10.3. The van der Waals surface area contributed by atoms with Crippen LogP contribution in [0.4, 0.5) is 24.5 Å². The van der Waals surface area contributed by atoms with Crippen LogP contribution in [0.1, 0.15) is 21.5 Å². The van der Waals surface area contributed by atoms with Crippen molar-refractivity contribution < 1.29 is 18.0 Å². The summed E-state index contributed by atoms with van der Waals surface area (Å²) in [6, 6.07) is 14.3. The van der Waals surface area contributed by atoms with Crippen LogP contribution in [0, 0.1) is 0 Å². The highest BCUT2D eigenvalue weighted by Crippen LogP contribution is 2.35. The molecule has 5 rings (SSSR count). The Balaban J connectivity index is 1.48. The lowest BCUT2D eigenvalue weighted by molar-refractivity contribution is -0.138. The molecule has 11 heteroatoms. The van der Waals surface area contributed by atoms with Gasteiger partial charge in [-0.1, -0.05) is 24.3 Å². The van der Waals surface area contributed by atoms with Gasteiger partial charge in [-0.05, 0) is 41.9 Å². The molecular weight excluding hydrogens is 521 g/mol. The molecule has 0 saturated carbocycles. The number of carbonyl (C=O) groups excluding carboxylic acids is 1. The van der Waals surface area contributed by atoms with Crippen LogP contribution in [0.3, 0.4) is 0 Å². The number of pyridine rings is 1. The minimum absolute atomic E-state index is 0.413. The van der Waals surface area contributed by atoms with Gasteiger partial charge in [-0.25, -0.2) is 0 Å². The van der Waals surface area contributed by atoms with E-state index in [0.29, 0.717) is 24.8 Å². The maximum absolute atomic E-state index is 13.7. The molecule has 3 N–H and O–H groups in total. The number of H-pyrrole nitrogens is 1. The molecule has 40 heavy (non-hydrogen) atoms. The monoisotopic (exact) mass is 554 g/mol. The molecule has 2 saturated heterocycles. The lowest BCUT2D eigenvalue weighted by Gasteiger charge is -2.35. The minimum Gasteiger partial charge on any atom is -0.367 e. The molecule has 212 valence electrons. The number of nitrogens with zero attached hydrogens (tertiary/aromatic N) is 3. The van der Waals surface area contributed by atoms with Crippen molar-refractivity contribution in [3.05, 3.63) is 81.8 Å². The number of anilines is 2. The molecule has 2 aliphatic rings. The molecule has 0 atom stereocenters. The lowest BCUT2D eigenvalue weighted by atomic mass is 10.0. The molecular formula is C29H33F3N6O2. The zero-order valence-electron chi connectivity index (χ0n) is 22.4. The first-order valence-electron chi connectivity index (χ1n) is 13.4. The van der Waals surface area contributed by atoms with Gasteiger partial charge in [0.2, 0.25) is 5.56 Å². The third kappa shape index (κ3) is 6.55. The average molecular weight is 555 g/mol. The number of benzene rings is 2. The number of hydrogen-bond acceptors (Lipinski definition) is 6. The quantitative estimate of drug-likeness (QED) is 0.433. The number of halogens is 3. The Bertz CT molecular complexity index is 1410. The van der Waals surface area contributed by atoms with Crippen LogP contribution in [0.5, 0.6) is 0 Å². The summed E-state index contributed by atoms with van der Waals surface area (Å²) in [7, 11) is 2.03. The predicted octanol–water partition coefficient (Wildman–Crippen LogP) is 3.47. The van der Waals surface area contributed by atoms with Crippen LogP contribution in [-0.2, 0) is 12.7 Å². The van der Waals surface area contributed by atoms with Crippen molar-refractivity contribution in [3.8, 4) is 11.1 Å². The third-order valence-corrected chi connectivity index (χ3v) is 7.44. The summed E-state index contributed by atoms with van der Waals surface area (Å²) in [6.07, 6.45) is -4.03. The Morgan fingerprint density at radius 1 is 0.950 bits per heavy atom. The van der Waals surface area contributed by atoms with Crippen molar-refractivity contribution in [2.75, 3.05) is 69.6 Å². The van der Waals surface area contributed by atoms with Gasteiger partial charge in [-0.2, -0.15) is 13.2 Å². The second-order valence-electron chi connectivity index (χ2n) is 10.3. The molecule has 2 aromatic carbocycles. The van der Waals surface area contributed by atoms with Crippen molar-refractivity contribution in [2.24, 2.45) is 0 Å². The summed E-state index contributed by atoms with van der Waals surface area (Å²) in [4.78, 5) is 33.7. The maximum Gasteiger partial charge on any atom is 0.417 e. The Kier molecular flexibility index (Phi) is 8.24. The van der Waals surface area contributed by atoms with E-state index in [4.69, 9.17) is 0 Å². The topological polar surface area (TPSA) is 83.7 Å². The highest BCUT2D eigenvalue weighted by Gasteiger charge is 2.36. The van der Waals surface area contributed by atoms with Crippen LogP contribution >= 0.6 is 0 Å². The predicted molar refractivity (Wildman–Crippen MR) is 150 cm³/mol. The zero-order chi connectivity index (χ0) is 28.3. The van der Waals surface area contributed by atoms with Crippen molar-refractivity contribution >= 4 is 17.3 Å². The Morgan fingerprint density at radius 3 is 2.40 bits per heavy atom. The van der Waals surface area contributed by atoms with Crippen LogP contribution in [0.2, 0.25) is 0 Å². The number of rotatable bonds is 6. The Hall–Kier alpha value is -3.67. The lowest BCUT2D eigenvalue weighted by Crippen LogP contribution is -2.44. The number of alkyl halides is 3. The van der Waals surface area contributed by atoms with E-state index in [1.165, 1.54) is 0 Å². The fourth-order valence-corrected chi connectivity index (χ4v) is 5.20.